The molecule has 0 bridgehead atoms. The molecule has 2 aromatic heterocycles. The zero-order chi connectivity index (χ0) is 12.6. The molecule has 0 unspecified atom stereocenters. The van der Waals surface area contributed by atoms with Crippen molar-refractivity contribution in [3.05, 3.63) is 24.5 Å². The van der Waals surface area contributed by atoms with E-state index in [0.29, 0.717) is 11.5 Å². The average molecular weight is 244 g/mol. The zero-order valence-corrected chi connectivity index (χ0v) is 11.1. The number of anilines is 1. The molecule has 0 saturated heterocycles. The van der Waals surface area contributed by atoms with Crippen molar-refractivity contribution in [3.63, 3.8) is 0 Å². The monoisotopic (exact) mass is 244 g/mol. The van der Waals surface area contributed by atoms with Gasteiger partial charge in [0.25, 0.3) is 0 Å². The molecule has 0 aliphatic heterocycles. The number of rotatable bonds is 2. The number of fused-ring (bicyclic) bond motifs is 1. The van der Waals surface area contributed by atoms with Crippen LogP contribution in [0.3, 0.4) is 0 Å². The van der Waals surface area contributed by atoms with Crippen molar-refractivity contribution < 1.29 is 0 Å². The van der Waals surface area contributed by atoms with Gasteiger partial charge in [-0.1, -0.05) is 13.8 Å². The molecule has 0 amide bonds. The first-order valence-corrected chi connectivity index (χ1v) is 6.69. The Kier molecular flexibility index (Phi) is 2.73. The lowest BCUT2D eigenvalue weighted by molar-refractivity contribution is 0.232. The van der Waals surface area contributed by atoms with Gasteiger partial charge in [0.1, 0.15) is 5.82 Å². The SMILES string of the molecule is CC1(C)CCC(Nc2ccn3nccc3n2)CC1. The largest absolute Gasteiger partial charge is 0.367 e. The third kappa shape index (κ3) is 2.33. The van der Waals surface area contributed by atoms with Crippen LogP contribution in [0.1, 0.15) is 39.5 Å². The summed E-state index contributed by atoms with van der Waals surface area (Å²) in [4.78, 5) is 4.56. The summed E-state index contributed by atoms with van der Waals surface area (Å²) >= 11 is 0. The van der Waals surface area contributed by atoms with Crippen LogP contribution in [0.5, 0.6) is 0 Å². The van der Waals surface area contributed by atoms with Crippen molar-refractivity contribution in [3.8, 4) is 0 Å². The Morgan fingerprint density at radius 3 is 2.83 bits per heavy atom. The minimum atomic E-state index is 0.515. The Hall–Kier alpha value is -1.58. The van der Waals surface area contributed by atoms with Crippen LogP contribution in [0.4, 0.5) is 5.82 Å². The van der Waals surface area contributed by atoms with Crippen molar-refractivity contribution in [1.82, 2.24) is 14.6 Å². The standard InChI is InChI=1S/C14H20N4/c1-14(2)7-3-11(4-8-14)16-12-6-10-18-13(17-12)5-9-15-18/h5-6,9-11H,3-4,7-8H2,1-2H3,(H,16,17). The van der Waals surface area contributed by atoms with Crippen LogP contribution in [-0.2, 0) is 0 Å². The lowest BCUT2D eigenvalue weighted by atomic mass is 9.75. The van der Waals surface area contributed by atoms with Gasteiger partial charge in [-0.2, -0.15) is 5.10 Å². The van der Waals surface area contributed by atoms with Crippen molar-refractivity contribution in [2.45, 2.75) is 45.6 Å². The highest BCUT2D eigenvalue weighted by Gasteiger charge is 2.26. The van der Waals surface area contributed by atoms with Crippen LogP contribution in [0.15, 0.2) is 24.5 Å². The maximum absolute atomic E-state index is 4.56. The number of aromatic nitrogens is 3. The summed E-state index contributed by atoms with van der Waals surface area (Å²) in [6.07, 6.45) is 8.78. The Balaban J connectivity index is 1.69. The Labute approximate surface area is 107 Å². The minimum Gasteiger partial charge on any atom is -0.367 e. The zero-order valence-electron chi connectivity index (χ0n) is 11.1. The fraction of sp³-hybridized carbons (Fsp3) is 0.571. The molecular weight excluding hydrogens is 224 g/mol. The lowest BCUT2D eigenvalue weighted by Crippen LogP contribution is -2.30. The molecule has 1 fully saturated rings. The van der Waals surface area contributed by atoms with Gasteiger partial charge >= 0.3 is 0 Å². The van der Waals surface area contributed by atoms with Gasteiger partial charge in [0, 0.05) is 18.3 Å². The molecule has 1 saturated carbocycles. The third-order valence-corrected chi connectivity index (χ3v) is 3.95. The van der Waals surface area contributed by atoms with Crippen LogP contribution in [0, 0.1) is 5.41 Å². The molecule has 4 heteroatoms. The van der Waals surface area contributed by atoms with E-state index in [2.05, 4.69) is 29.2 Å². The van der Waals surface area contributed by atoms with Crippen molar-refractivity contribution >= 4 is 11.5 Å². The van der Waals surface area contributed by atoms with Gasteiger partial charge in [0.2, 0.25) is 0 Å². The molecule has 96 valence electrons. The van der Waals surface area contributed by atoms with Crippen LogP contribution in [0.25, 0.3) is 5.65 Å². The van der Waals surface area contributed by atoms with Gasteiger partial charge in [0.15, 0.2) is 5.65 Å². The summed E-state index contributed by atoms with van der Waals surface area (Å²) in [5.41, 5.74) is 1.41. The minimum absolute atomic E-state index is 0.515. The lowest BCUT2D eigenvalue weighted by Gasteiger charge is -2.34. The maximum atomic E-state index is 4.56. The van der Waals surface area contributed by atoms with E-state index < -0.39 is 0 Å². The van der Waals surface area contributed by atoms with Crippen LogP contribution < -0.4 is 5.32 Å². The molecule has 4 nitrogen and oxygen atoms in total. The quantitative estimate of drug-likeness (QED) is 0.882. The van der Waals surface area contributed by atoms with Crippen molar-refractivity contribution in [1.29, 1.82) is 0 Å². The van der Waals surface area contributed by atoms with Crippen molar-refractivity contribution in [2.24, 2.45) is 5.41 Å². The molecule has 1 aliphatic carbocycles. The van der Waals surface area contributed by atoms with Crippen LogP contribution in [0.2, 0.25) is 0 Å². The van der Waals surface area contributed by atoms with Gasteiger partial charge in [0.05, 0.1) is 6.20 Å². The third-order valence-electron chi connectivity index (χ3n) is 3.95. The fourth-order valence-corrected chi connectivity index (χ4v) is 2.65. The molecule has 2 heterocycles. The Morgan fingerprint density at radius 2 is 2.06 bits per heavy atom. The van der Waals surface area contributed by atoms with E-state index in [9.17, 15) is 0 Å². The second-order valence-electron chi connectivity index (χ2n) is 6.03. The van der Waals surface area contributed by atoms with Gasteiger partial charge in [-0.3, -0.25) is 0 Å². The highest BCUT2D eigenvalue weighted by Crippen LogP contribution is 2.35. The second kappa shape index (κ2) is 4.26. The number of hydrogen-bond donors (Lipinski definition) is 1. The summed E-state index contributed by atoms with van der Waals surface area (Å²) in [5.74, 6) is 0.965. The maximum Gasteiger partial charge on any atom is 0.157 e. The highest BCUT2D eigenvalue weighted by molar-refractivity contribution is 5.45. The van der Waals surface area contributed by atoms with E-state index in [4.69, 9.17) is 0 Å². The van der Waals surface area contributed by atoms with E-state index in [0.717, 1.165) is 11.5 Å². The average Bonchev–Trinajstić information content (AvgIpc) is 2.79. The van der Waals surface area contributed by atoms with Crippen LogP contribution in [-0.4, -0.2) is 20.6 Å². The molecule has 2 aromatic rings. The summed E-state index contributed by atoms with van der Waals surface area (Å²) in [5, 5.41) is 7.70. The van der Waals surface area contributed by atoms with Gasteiger partial charge < -0.3 is 5.32 Å². The summed E-state index contributed by atoms with van der Waals surface area (Å²) in [6, 6.07) is 4.49. The second-order valence-corrected chi connectivity index (χ2v) is 6.03. The molecule has 1 N–H and O–H groups in total. The van der Waals surface area contributed by atoms with E-state index in [1.165, 1.54) is 25.7 Å². The highest BCUT2D eigenvalue weighted by atomic mass is 15.2. The topological polar surface area (TPSA) is 42.2 Å². The normalized spacial score (nSPS) is 20.1. The van der Waals surface area contributed by atoms with E-state index >= 15 is 0 Å². The molecule has 3 rings (SSSR count). The first kappa shape index (κ1) is 11.5. The molecule has 0 aromatic carbocycles. The number of nitrogens with zero attached hydrogens (tertiary/aromatic N) is 3. The van der Waals surface area contributed by atoms with E-state index in [-0.39, 0.29) is 0 Å². The Bertz CT molecular complexity index is 533. The fourth-order valence-electron chi connectivity index (χ4n) is 2.65. The van der Waals surface area contributed by atoms with Gasteiger partial charge in [-0.25, -0.2) is 9.50 Å². The first-order valence-electron chi connectivity index (χ1n) is 6.69. The summed E-state index contributed by atoms with van der Waals surface area (Å²) < 4.78 is 1.79. The van der Waals surface area contributed by atoms with Gasteiger partial charge in [-0.05, 0) is 37.2 Å². The molecule has 0 spiro atoms. The van der Waals surface area contributed by atoms with E-state index in [1.807, 2.05) is 18.3 Å². The van der Waals surface area contributed by atoms with Gasteiger partial charge in [-0.15, -0.1) is 0 Å². The molecule has 18 heavy (non-hydrogen) atoms. The van der Waals surface area contributed by atoms with E-state index in [1.54, 1.807) is 10.7 Å². The number of nitrogens with one attached hydrogen (secondary N) is 1. The smallest absolute Gasteiger partial charge is 0.157 e. The van der Waals surface area contributed by atoms with Crippen LogP contribution >= 0.6 is 0 Å². The Morgan fingerprint density at radius 1 is 1.28 bits per heavy atom. The number of hydrogen-bond acceptors (Lipinski definition) is 3. The molecule has 0 radical (unpaired) electrons. The molecule has 1 aliphatic rings. The predicted octanol–water partition coefficient (Wildman–Crippen LogP) is 3.11. The molecular formula is C14H20N4. The predicted molar refractivity (Wildman–Crippen MR) is 72.6 cm³/mol. The molecule has 0 atom stereocenters. The van der Waals surface area contributed by atoms with Crippen molar-refractivity contribution in [2.75, 3.05) is 5.32 Å². The first-order chi connectivity index (χ1) is 8.62. The summed E-state index contributed by atoms with van der Waals surface area (Å²) in [7, 11) is 0. The summed E-state index contributed by atoms with van der Waals surface area (Å²) in [6.45, 7) is 4.72.